The summed E-state index contributed by atoms with van der Waals surface area (Å²) in [5, 5.41) is 0. The summed E-state index contributed by atoms with van der Waals surface area (Å²) in [7, 11) is 0. The maximum absolute atomic E-state index is 15.5. The largest absolute Gasteiger partial charge is 0.573 e. The van der Waals surface area contributed by atoms with Gasteiger partial charge in [-0.25, -0.2) is 4.39 Å². The molecular formula is C18H14BrF7N2O. The number of halogens is 8. The molecule has 11 heteroatoms. The molecule has 2 aromatic rings. The van der Waals surface area contributed by atoms with Crippen LogP contribution in [0, 0.1) is 0 Å². The molecule has 3 nitrogen and oxygen atoms in total. The lowest BCUT2D eigenvalue weighted by Gasteiger charge is -2.38. The van der Waals surface area contributed by atoms with E-state index in [-0.39, 0.29) is 37.2 Å². The van der Waals surface area contributed by atoms with E-state index in [4.69, 9.17) is 0 Å². The molecule has 0 unspecified atom stereocenters. The Labute approximate surface area is 169 Å². The van der Waals surface area contributed by atoms with Gasteiger partial charge in [0, 0.05) is 37.7 Å². The Balaban J connectivity index is 1.83. The van der Waals surface area contributed by atoms with Gasteiger partial charge in [0.15, 0.2) is 0 Å². The van der Waals surface area contributed by atoms with Crippen molar-refractivity contribution in [1.29, 1.82) is 0 Å². The molecule has 0 bridgehead atoms. The van der Waals surface area contributed by atoms with Crippen LogP contribution in [0.2, 0.25) is 0 Å². The maximum atomic E-state index is 15.5. The number of hydrogen-bond acceptors (Lipinski definition) is 3. The molecule has 0 N–H and O–H groups in total. The molecule has 1 aromatic carbocycles. The lowest BCUT2D eigenvalue weighted by Crippen LogP contribution is -2.41. The van der Waals surface area contributed by atoms with Gasteiger partial charge in [-0.2, -0.15) is 13.2 Å². The number of aromatic nitrogens is 1. The molecule has 1 fully saturated rings. The van der Waals surface area contributed by atoms with Crippen molar-refractivity contribution in [3.8, 4) is 5.75 Å². The number of para-hydroxylation sites is 1. The number of ether oxygens (including phenoxy) is 1. The lowest BCUT2D eigenvalue weighted by molar-refractivity contribution is -0.275. The minimum Gasteiger partial charge on any atom is -0.405 e. The normalized spacial score (nSPS) is 17.3. The van der Waals surface area contributed by atoms with E-state index < -0.39 is 29.7 Å². The van der Waals surface area contributed by atoms with Gasteiger partial charge in [-0.05, 0) is 28.1 Å². The highest BCUT2D eigenvalue weighted by Crippen LogP contribution is 2.44. The summed E-state index contributed by atoms with van der Waals surface area (Å²) in [6, 6.07) is 5.82. The van der Waals surface area contributed by atoms with E-state index >= 15 is 4.39 Å². The quantitative estimate of drug-likeness (QED) is 0.481. The second-order valence-electron chi connectivity index (χ2n) is 6.52. The van der Waals surface area contributed by atoms with Crippen molar-refractivity contribution in [2.45, 2.75) is 31.0 Å². The number of nitrogens with zero attached hydrogens (tertiary/aromatic N) is 2. The molecule has 3 rings (SSSR count). The van der Waals surface area contributed by atoms with Crippen LogP contribution in [0.25, 0.3) is 0 Å². The van der Waals surface area contributed by atoms with Crippen LogP contribution in [-0.2, 0) is 11.8 Å². The Bertz CT molecular complexity index is 877. The van der Waals surface area contributed by atoms with Crippen LogP contribution >= 0.6 is 15.9 Å². The van der Waals surface area contributed by atoms with E-state index in [9.17, 15) is 26.3 Å². The van der Waals surface area contributed by atoms with Crippen LogP contribution in [0.5, 0.6) is 5.75 Å². The molecule has 0 amide bonds. The topological polar surface area (TPSA) is 25.4 Å². The Morgan fingerprint density at radius 3 is 2.24 bits per heavy atom. The molecule has 1 saturated heterocycles. The molecule has 0 radical (unpaired) electrons. The zero-order chi connectivity index (χ0) is 21.4. The third kappa shape index (κ3) is 4.93. The van der Waals surface area contributed by atoms with Gasteiger partial charge < -0.3 is 9.64 Å². The van der Waals surface area contributed by atoms with E-state index in [0.717, 1.165) is 18.3 Å². The highest BCUT2D eigenvalue weighted by atomic mass is 79.9. The molecule has 0 saturated carbocycles. The second kappa shape index (κ2) is 7.66. The van der Waals surface area contributed by atoms with Crippen LogP contribution in [0.1, 0.15) is 24.1 Å². The highest BCUT2D eigenvalue weighted by Gasteiger charge is 2.42. The molecule has 0 aliphatic carbocycles. The molecule has 2 heterocycles. The number of alkyl halides is 7. The van der Waals surface area contributed by atoms with Crippen molar-refractivity contribution >= 4 is 21.6 Å². The maximum Gasteiger partial charge on any atom is 0.573 e. The predicted octanol–water partition coefficient (Wildman–Crippen LogP) is 6.23. The second-order valence-corrected chi connectivity index (χ2v) is 7.37. The van der Waals surface area contributed by atoms with Gasteiger partial charge >= 0.3 is 12.5 Å². The first-order valence-electron chi connectivity index (χ1n) is 8.41. The number of rotatable bonds is 3. The fourth-order valence-corrected chi connectivity index (χ4v) is 3.71. The van der Waals surface area contributed by atoms with Crippen molar-refractivity contribution in [3.05, 3.63) is 52.3 Å². The number of hydrogen-bond donors (Lipinski definition) is 0. The van der Waals surface area contributed by atoms with Crippen LogP contribution in [0.3, 0.4) is 0 Å². The van der Waals surface area contributed by atoms with E-state index in [2.05, 4.69) is 25.7 Å². The summed E-state index contributed by atoms with van der Waals surface area (Å²) in [6.45, 7) is -0.00642. The minimum atomic E-state index is -4.97. The third-order valence-corrected chi connectivity index (χ3v) is 5.23. The van der Waals surface area contributed by atoms with Crippen molar-refractivity contribution in [2.75, 3.05) is 18.0 Å². The van der Waals surface area contributed by atoms with E-state index in [1.165, 1.54) is 23.1 Å². The molecule has 29 heavy (non-hydrogen) atoms. The highest BCUT2D eigenvalue weighted by molar-refractivity contribution is 9.10. The van der Waals surface area contributed by atoms with E-state index in [1.807, 2.05) is 0 Å². The minimum absolute atomic E-state index is 0.00321. The summed E-state index contributed by atoms with van der Waals surface area (Å²) in [4.78, 5) is 4.86. The van der Waals surface area contributed by atoms with Crippen LogP contribution in [-0.4, -0.2) is 24.4 Å². The van der Waals surface area contributed by atoms with Gasteiger partial charge in [0.1, 0.15) is 17.1 Å². The fourth-order valence-electron chi connectivity index (χ4n) is 3.25. The molecule has 0 atom stereocenters. The molecular weight excluding hydrogens is 473 g/mol. The zero-order valence-corrected chi connectivity index (χ0v) is 16.2. The predicted molar refractivity (Wildman–Crippen MR) is 94.3 cm³/mol. The Morgan fingerprint density at radius 1 is 1.03 bits per heavy atom. The average molecular weight is 487 g/mol. The third-order valence-electron chi connectivity index (χ3n) is 4.62. The van der Waals surface area contributed by atoms with Crippen molar-refractivity contribution in [3.63, 3.8) is 0 Å². The standard InChI is InChI=1S/C18H14BrF7N2O/c19-12-10-27-15(17(21,22)23)9-13(12)28-7-5-16(20,6-8-28)11-3-1-2-4-14(11)29-18(24,25)26/h1-4,9-10H,5-8H2. The van der Waals surface area contributed by atoms with Crippen molar-refractivity contribution in [2.24, 2.45) is 0 Å². The summed E-state index contributed by atoms with van der Waals surface area (Å²) in [6.07, 6.45) is -9.03. The number of anilines is 1. The fraction of sp³-hybridized carbons (Fsp3) is 0.389. The van der Waals surface area contributed by atoms with Gasteiger partial charge in [0.2, 0.25) is 0 Å². The van der Waals surface area contributed by atoms with Crippen LogP contribution in [0.15, 0.2) is 41.0 Å². The van der Waals surface area contributed by atoms with Gasteiger partial charge in [-0.3, -0.25) is 4.98 Å². The number of pyridine rings is 1. The summed E-state index contributed by atoms with van der Waals surface area (Å²) < 4.78 is 96.4. The zero-order valence-electron chi connectivity index (χ0n) is 14.6. The number of piperidine rings is 1. The SMILES string of the molecule is FC(F)(F)Oc1ccccc1C1(F)CCN(c2cc(C(F)(F)F)ncc2Br)CC1. The first-order valence-corrected chi connectivity index (χ1v) is 9.20. The van der Waals surface area contributed by atoms with Crippen molar-refractivity contribution < 1.29 is 35.5 Å². The van der Waals surface area contributed by atoms with Gasteiger partial charge in [-0.1, -0.05) is 18.2 Å². The average Bonchev–Trinajstić information content (AvgIpc) is 2.61. The first-order chi connectivity index (χ1) is 13.4. The smallest absolute Gasteiger partial charge is 0.405 e. The van der Waals surface area contributed by atoms with E-state index in [0.29, 0.717) is 4.47 Å². The van der Waals surface area contributed by atoms with Crippen LogP contribution in [0.4, 0.5) is 36.4 Å². The monoisotopic (exact) mass is 486 g/mol. The Morgan fingerprint density at radius 2 is 1.66 bits per heavy atom. The van der Waals surface area contributed by atoms with E-state index in [1.54, 1.807) is 0 Å². The van der Waals surface area contributed by atoms with Crippen molar-refractivity contribution in [1.82, 2.24) is 4.98 Å². The number of benzene rings is 1. The molecule has 1 aromatic heterocycles. The van der Waals surface area contributed by atoms with Gasteiger partial charge in [0.25, 0.3) is 0 Å². The Hall–Kier alpha value is -2.04. The van der Waals surface area contributed by atoms with Crippen LogP contribution < -0.4 is 9.64 Å². The summed E-state index contributed by atoms with van der Waals surface area (Å²) in [5.41, 5.74) is -3.24. The Kier molecular flexibility index (Phi) is 5.72. The summed E-state index contributed by atoms with van der Waals surface area (Å²) >= 11 is 3.14. The lowest BCUT2D eigenvalue weighted by atomic mass is 9.85. The molecule has 1 aliphatic rings. The molecule has 0 spiro atoms. The van der Waals surface area contributed by atoms with Gasteiger partial charge in [-0.15, -0.1) is 13.2 Å². The summed E-state index contributed by atoms with van der Waals surface area (Å²) in [5.74, 6) is -0.625. The first kappa shape index (κ1) is 21.7. The molecule has 158 valence electrons. The van der Waals surface area contributed by atoms with Gasteiger partial charge in [0.05, 0.1) is 10.2 Å². The molecule has 1 aliphatic heterocycles.